The number of rotatable bonds is 7. The van der Waals surface area contributed by atoms with Gasteiger partial charge in [0, 0.05) is 17.6 Å². The molecule has 1 atom stereocenters. The summed E-state index contributed by atoms with van der Waals surface area (Å²) in [5.74, 6) is 0.289. The van der Waals surface area contributed by atoms with E-state index in [-0.39, 0.29) is 11.9 Å². The van der Waals surface area contributed by atoms with Gasteiger partial charge in [-0.25, -0.2) is 4.98 Å². The number of methoxy groups -OCH3 is 1. The third kappa shape index (κ3) is 5.15. The van der Waals surface area contributed by atoms with Crippen molar-refractivity contribution >= 4 is 33.6 Å². The number of aromatic amines is 1. The van der Waals surface area contributed by atoms with E-state index in [1.165, 1.54) is 11.8 Å². The maximum Gasteiger partial charge on any atom is 0.230 e. The second-order valence-corrected chi connectivity index (χ2v) is 6.70. The molecule has 0 unspecified atom stereocenters. The number of hydrogen-bond donors (Lipinski definition) is 2. The zero-order valence-electron chi connectivity index (χ0n) is 12.4. The average Bonchev–Trinajstić information content (AvgIpc) is 2.95. The zero-order chi connectivity index (χ0) is 15.9. The molecule has 1 heterocycles. The van der Waals surface area contributed by atoms with Crippen molar-refractivity contribution in [3.8, 4) is 11.3 Å². The molecule has 22 heavy (non-hydrogen) atoms. The van der Waals surface area contributed by atoms with Gasteiger partial charge in [0.05, 0.1) is 24.3 Å². The van der Waals surface area contributed by atoms with Crippen LogP contribution in [0.3, 0.4) is 0 Å². The van der Waals surface area contributed by atoms with Gasteiger partial charge in [-0.2, -0.15) is 0 Å². The molecule has 1 aromatic heterocycles. The van der Waals surface area contributed by atoms with Crippen molar-refractivity contribution in [3.63, 3.8) is 0 Å². The van der Waals surface area contributed by atoms with Crippen molar-refractivity contribution in [2.75, 3.05) is 19.5 Å². The molecule has 1 amide bonds. The van der Waals surface area contributed by atoms with Crippen LogP contribution in [0.2, 0.25) is 0 Å². The Morgan fingerprint density at radius 1 is 1.45 bits per heavy atom. The molecule has 2 N–H and O–H groups in total. The van der Waals surface area contributed by atoms with E-state index in [4.69, 9.17) is 4.74 Å². The number of ether oxygens (including phenoxy) is 1. The number of thioether (sulfide) groups is 1. The molecule has 2 rings (SSSR count). The van der Waals surface area contributed by atoms with E-state index >= 15 is 0 Å². The van der Waals surface area contributed by atoms with Crippen LogP contribution in [0.1, 0.15) is 6.92 Å². The molecular formula is C15H18BrN3O2S. The summed E-state index contributed by atoms with van der Waals surface area (Å²) >= 11 is 4.79. The first-order valence-electron chi connectivity index (χ1n) is 6.80. The van der Waals surface area contributed by atoms with Gasteiger partial charge >= 0.3 is 0 Å². The number of aromatic nitrogens is 2. The minimum atomic E-state index is -0.0314. The molecule has 0 aliphatic heterocycles. The van der Waals surface area contributed by atoms with Gasteiger partial charge in [-0.3, -0.25) is 4.79 Å². The maximum absolute atomic E-state index is 11.8. The molecule has 0 aliphatic rings. The number of H-pyrrole nitrogens is 1. The summed E-state index contributed by atoms with van der Waals surface area (Å²) in [5.41, 5.74) is 1.99. The molecule has 118 valence electrons. The van der Waals surface area contributed by atoms with Crippen LogP contribution in [-0.2, 0) is 9.53 Å². The number of nitrogens with zero attached hydrogens (tertiary/aromatic N) is 1. The lowest BCUT2D eigenvalue weighted by molar-refractivity contribution is -0.119. The molecule has 0 fully saturated rings. The predicted octanol–water partition coefficient (Wildman–Crippen LogP) is 3.08. The van der Waals surface area contributed by atoms with Gasteiger partial charge in [0.2, 0.25) is 5.91 Å². The van der Waals surface area contributed by atoms with Crippen LogP contribution in [-0.4, -0.2) is 41.4 Å². The number of imidazole rings is 1. The summed E-state index contributed by atoms with van der Waals surface area (Å²) in [6.07, 6.45) is 1.77. The SMILES string of the molecule is COC[C@H](C)NC(=O)CSc1ncc(-c2ccc(Br)cc2)[nH]1. The van der Waals surface area contributed by atoms with Crippen molar-refractivity contribution in [1.82, 2.24) is 15.3 Å². The fraction of sp³-hybridized carbons (Fsp3) is 0.333. The molecular weight excluding hydrogens is 366 g/mol. The molecule has 0 bridgehead atoms. The first-order valence-corrected chi connectivity index (χ1v) is 8.58. The van der Waals surface area contributed by atoms with Crippen LogP contribution in [0.15, 0.2) is 40.1 Å². The van der Waals surface area contributed by atoms with Gasteiger partial charge < -0.3 is 15.0 Å². The highest BCUT2D eigenvalue weighted by atomic mass is 79.9. The summed E-state index contributed by atoms with van der Waals surface area (Å²) in [6.45, 7) is 2.41. The first kappa shape index (κ1) is 17.1. The van der Waals surface area contributed by atoms with Crippen LogP contribution < -0.4 is 5.32 Å². The summed E-state index contributed by atoms with van der Waals surface area (Å²) < 4.78 is 6.02. The van der Waals surface area contributed by atoms with Crippen LogP contribution in [0, 0.1) is 0 Å². The summed E-state index contributed by atoms with van der Waals surface area (Å²) in [6, 6.07) is 7.98. The van der Waals surface area contributed by atoms with E-state index in [0.29, 0.717) is 12.4 Å². The fourth-order valence-corrected chi connectivity index (χ4v) is 2.82. The van der Waals surface area contributed by atoms with Gasteiger partial charge in [-0.15, -0.1) is 0 Å². The quantitative estimate of drug-likeness (QED) is 0.720. The van der Waals surface area contributed by atoms with E-state index in [0.717, 1.165) is 20.9 Å². The Balaban J connectivity index is 1.87. The van der Waals surface area contributed by atoms with Gasteiger partial charge in [-0.05, 0) is 24.6 Å². The van der Waals surface area contributed by atoms with Gasteiger partial charge in [0.1, 0.15) is 0 Å². The lowest BCUT2D eigenvalue weighted by Gasteiger charge is -2.11. The van der Waals surface area contributed by atoms with Crippen LogP contribution >= 0.6 is 27.7 Å². The Labute approximate surface area is 142 Å². The molecule has 0 aliphatic carbocycles. The summed E-state index contributed by atoms with van der Waals surface area (Å²) in [4.78, 5) is 19.3. The lowest BCUT2D eigenvalue weighted by atomic mass is 10.2. The average molecular weight is 384 g/mol. The summed E-state index contributed by atoms with van der Waals surface area (Å²) in [7, 11) is 1.61. The molecule has 2 aromatic rings. The number of hydrogen-bond acceptors (Lipinski definition) is 4. The highest BCUT2D eigenvalue weighted by molar-refractivity contribution is 9.10. The Bertz CT molecular complexity index is 616. The van der Waals surface area contributed by atoms with Crippen molar-refractivity contribution in [1.29, 1.82) is 0 Å². The number of nitrogens with one attached hydrogen (secondary N) is 2. The Kier molecular flexibility index (Phi) is 6.48. The Morgan fingerprint density at radius 3 is 2.86 bits per heavy atom. The second kappa shape index (κ2) is 8.36. The first-order chi connectivity index (χ1) is 10.6. The third-order valence-electron chi connectivity index (χ3n) is 2.87. The topological polar surface area (TPSA) is 67.0 Å². The van der Waals surface area contributed by atoms with Gasteiger partial charge in [0.25, 0.3) is 0 Å². The largest absolute Gasteiger partial charge is 0.383 e. The number of amides is 1. The van der Waals surface area contributed by atoms with Gasteiger partial charge in [-0.1, -0.05) is 39.8 Å². The second-order valence-electron chi connectivity index (χ2n) is 4.82. The number of carbonyl (C=O) groups excluding carboxylic acids is 1. The van der Waals surface area contributed by atoms with Crippen LogP contribution in [0.25, 0.3) is 11.3 Å². The molecule has 0 saturated carbocycles. The van der Waals surface area contributed by atoms with Gasteiger partial charge in [0.15, 0.2) is 5.16 Å². The minimum Gasteiger partial charge on any atom is -0.383 e. The lowest BCUT2D eigenvalue weighted by Crippen LogP contribution is -2.36. The van der Waals surface area contributed by atoms with Crippen LogP contribution in [0.4, 0.5) is 0 Å². The molecule has 1 aromatic carbocycles. The number of halogens is 1. The smallest absolute Gasteiger partial charge is 0.230 e. The van der Waals surface area contributed by atoms with Crippen LogP contribution in [0.5, 0.6) is 0 Å². The zero-order valence-corrected chi connectivity index (χ0v) is 14.8. The Hall–Kier alpha value is -1.31. The minimum absolute atomic E-state index is 0.00743. The third-order valence-corrected chi connectivity index (χ3v) is 4.29. The number of carbonyl (C=O) groups is 1. The van der Waals surface area contributed by atoms with E-state index in [1.807, 2.05) is 31.2 Å². The highest BCUT2D eigenvalue weighted by Gasteiger charge is 2.09. The van der Waals surface area contributed by atoms with E-state index < -0.39 is 0 Å². The molecule has 0 saturated heterocycles. The van der Waals surface area contributed by atoms with E-state index in [1.54, 1.807) is 13.3 Å². The molecule has 0 spiro atoms. The Morgan fingerprint density at radius 2 is 2.18 bits per heavy atom. The van der Waals surface area contributed by atoms with Crippen molar-refractivity contribution < 1.29 is 9.53 Å². The predicted molar refractivity (Wildman–Crippen MR) is 91.9 cm³/mol. The maximum atomic E-state index is 11.8. The fourth-order valence-electron chi connectivity index (χ4n) is 1.89. The summed E-state index contributed by atoms with van der Waals surface area (Å²) in [5, 5.41) is 3.59. The highest BCUT2D eigenvalue weighted by Crippen LogP contribution is 2.22. The monoisotopic (exact) mass is 383 g/mol. The normalized spacial score (nSPS) is 12.1. The van der Waals surface area contributed by atoms with E-state index in [2.05, 4.69) is 31.2 Å². The molecule has 0 radical (unpaired) electrons. The number of benzene rings is 1. The standard InChI is InChI=1S/C15H18BrN3O2S/c1-10(8-21-2)18-14(20)9-22-15-17-7-13(19-15)11-3-5-12(16)6-4-11/h3-7,10H,8-9H2,1-2H3,(H,17,19)(H,18,20)/t10-/m0/s1. The van der Waals surface area contributed by atoms with Crippen molar-refractivity contribution in [2.24, 2.45) is 0 Å². The van der Waals surface area contributed by atoms with Crippen molar-refractivity contribution in [2.45, 2.75) is 18.1 Å². The van der Waals surface area contributed by atoms with E-state index in [9.17, 15) is 4.79 Å². The molecule has 7 heteroatoms. The molecule has 5 nitrogen and oxygen atoms in total. The van der Waals surface area contributed by atoms with Crippen molar-refractivity contribution in [3.05, 3.63) is 34.9 Å².